The number of aryl methyl sites for hydroxylation is 1. The second-order valence-corrected chi connectivity index (χ2v) is 4.47. The van der Waals surface area contributed by atoms with E-state index in [-0.39, 0.29) is 31.7 Å². The molecule has 110 valence electrons. The minimum absolute atomic E-state index is 0.0755. The molecule has 0 fully saturated rings. The lowest BCUT2D eigenvalue weighted by atomic mass is 10.1. The molecule has 0 aliphatic carbocycles. The molecule has 8 heteroatoms. The summed E-state index contributed by atoms with van der Waals surface area (Å²) >= 11 is 0. The van der Waals surface area contributed by atoms with Gasteiger partial charge in [-0.2, -0.15) is 0 Å². The number of carbonyl (C=O) groups is 2. The summed E-state index contributed by atoms with van der Waals surface area (Å²) < 4.78 is 0. The third-order valence-electron chi connectivity index (χ3n) is 2.93. The number of hydrogen-bond acceptors (Lipinski definition) is 4. The van der Waals surface area contributed by atoms with E-state index in [1.54, 1.807) is 6.92 Å². The molecule has 1 rings (SSSR count). The van der Waals surface area contributed by atoms with Crippen molar-refractivity contribution in [3.8, 4) is 0 Å². The van der Waals surface area contributed by atoms with E-state index in [9.17, 15) is 19.2 Å². The molecule has 0 atom stereocenters. The Hall–Kier alpha value is -2.38. The summed E-state index contributed by atoms with van der Waals surface area (Å²) in [7, 11) is 1.51. The normalized spacial score (nSPS) is 10.3. The molecule has 1 aromatic rings. The number of nitrogens with zero attached hydrogens (tertiary/aromatic N) is 1. The Morgan fingerprint density at radius 2 is 1.85 bits per heavy atom. The summed E-state index contributed by atoms with van der Waals surface area (Å²) in [6, 6.07) is 0. The Morgan fingerprint density at radius 3 is 2.40 bits per heavy atom. The van der Waals surface area contributed by atoms with Crippen LogP contribution in [0.3, 0.4) is 0 Å². The van der Waals surface area contributed by atoms with E-state index in [1.165, 1.54) is 11.9 Å². The fourth-order valence-electron chi connectivity index (χ4n) is 1.74. The fraction of sp³-hybridized carbons (Fsp3) is 0.500. The number of carbonyl (C=O) groups excluding carboxylic acids is 1. The first-order valence-electron chi connectivity index (χ1n) is 6.09. The van der Waals surface area contributed by atoms with Crippen molar-refractivity contribution in [3.63, 3.8) is 0 Å². The number of rotatable bonds is 6. The molecule has 0 aromatic carbocycles. The topological polar surface area (TPSA) is 123 Å². The number of carboxylic acid groups (broad SMARTS) is 1. The van der Waals surface area contributed by atoms with Gasteiger partial charge in [-0.05, 0) is 13.3 Å². The second kappa shape index (κ2) is 6.69. The molecule has 0 saturated heterocycles. The van der Waals surface area contributed by atoms with Crippen molar-refractivity contribution in [2.75, 3.05) is 13.6 Å². The minimum atomic E-state index is -0.974. The van der Waals surface area contributed by atoms with Crippen molar-refractivity contribution in [1.82, 2.24) is 14.9 Å². The third-order valence-corrected chi connectivity index (χ3v) is 2.93. The lowest BCUT2D eigenvalue weighted by Gasteiger charge is -2.15. The third kappa shape index (κ3) is 4.38. The number of H-pyrrole nitrogens is 2. The van der Waals surface area contributed by atoms with Crippen LogP contribution in [0.25, 0.3) is 0 Å². The van der Waals surface area contributed by atoms with Crippen LogP contribution in [0.4, 0.5) is 0 Å². The average Bonchev–Trinajstić information content (AvgIpc) is 2.34. The van der Waals surface area contributed by atoms with Gasteiger partial charge in [-0.25, -0.2) is 4.79 Å². The Bertz CT molecular complexity index is 616. The van der Waals surface area contributed by atoms with Crippen LogP contribution in [-0.4, -0.2) is 45.4 Å². The van der Waals surface area contributed by atoms with Crippen LogP contribution in [0, 0.1) is 6.92 Å². The summed E-state index contributed by atoms with van der Waals surface area (Å²) in [6.45, 7) is 1.71. The molecule has 0 spiro atoms. The lowest BCUT2D eigenvalue weighted by molar-refractivity contribution is -0.138. The van der Waals surface area contributed by atoms with Gasteiger partial charge in [0.05, 0.1) is 6.42 Å². The molecule has 0 radical (unpaired) electrons. The highest BCUT2D eigenvalue weighted by molar-refractivity contribution is 5.77. The molecular weight excluding hydrogens is 266 g/mol. The fourth-order valence-corrected chi connectivity index (χ4v) is 1.74. The molecule has 0 bridgehead atoms. The standard InChI is InChI=1S/C12H17N3O5/c1-7-8(11(19)14-12(20)13-7)3-4-9(16)15(2)6-5-10(17)18/h3-6H2,1-2H3,(H,17,18)(H2,13,14,19,20). The van der Waals surface area contributed by atoms with Crippen LogP contribution in [0.5, 0.6) is 0 Å². The highest BCUT2D eigenvalue weighted by Crippen LogP contribution is 2.02. The Morgan fingerprint density at radius 1 is 1.20 bits per heavy atom. The maximum atomic E-state index is 11.8. The second-order valence-electron chi connectivity index (χ2n) is 4.47. The number of nitrogens with one attached hydrogen (secondary N) is 2. The predicted octanol–water partition coefficient (Wildman–Crippen LogP) is -0.763. The molecule has 0 saturated carbocycles. The Labute approximate surface area is 114 Å². The summed E-state index contributed by atoms with van der Waals surface area (Å²) in [5, 5.41) is 8.53. The van der Waals surface area contributed by atoms with E-state index in [0.717, 1.165) is 0 Å². The van der Waals surface area contributed by atoms with E-state index in [4.69, 9.17) is 5.11 Å². The predicted molar refractivity (Wildman–Crippen MR) is 70.6 cm³/mol. The summed E-state index contributed by atoms with van der Waals surface area (Å²) in [4.78, 5) is 50.6. The number of carboxylic acids is 1. The van der Waals surface area contributed by atoms with E-state index in [0.29, 0.717) is 11.3 Å². The lowest BCUT2D eigenvalue weighted by Crippen LogP contribution is -2.31. The van der Waals surface area contributed by atoms with Crippen LogP contribution < -0.4 is 11.2 Å². The molecule has 0 aliphatic heterocycles. The Balaban J connectivity index is 2.64. The molecule has 1 amide bonds. The zero-order valence-electron chi connectivity index (χ0n) is 11.4. The summed E-state index contributed by atoms with van der Waals surface area (Å²) in [6.07, 6.45) is 0.140. The minimum Gasteiger partial charge on any atom is -0.481 e. The van der Waals surface area contributed by atoms with Crippen LogP contribution in [0.15, 0.2) is 9.59 Å². The smallest absolute Gasteiger partial charge is 0.325 e. The van der Waals surface area contributed by atoms with Crippen molar-refractivity contribution in [3.05, 3.63) is 32.1 Å². The van der Waals surface area contributed by atoms with Gasteiger partial charge in [-0.1, -0.05) is 0 Å². The van der Waals surface area contributed by atoms with E-state index < -0.39 is 17.2 Å². The zero-order valence-corrected chi connectivity index (χ0v) is 11.4. The number of aliphatic carboxylic acids is 1. The first-order chi connectivity index (χ1) is 9.31. The first-order valence-corrected chi connectivity index (χ1v) is 6.09. The molecule has 1 aromatic heterocycles. The van der Waals surface area contributed by atoms with Gasteiger partial charge in [0, 0.05) is 31.3 Å². The van der Waals surface area contributed by atoms with Gasteiger partial charge in [0.2, 0.25) is 5.91 Å². The highest BCUT2D eigenvalue weighted by atomic mass is 16.4. The maximum Gasteiger partial charge on any atom is 0.325 e. The van der Waals surface area contributed by atoms with Gasteiger partial charge in [0.15, 0.2) is 0 Å². The van der Waals surface area contributed by atoms with Gasteiger partial charge in [-0.3, -0.25) is 19.4 Å². The van der Waals surface area contributed by atoms with Gasteiger partial charge in [0.1, 0.15) is 0 Å². The van der Waals surface area contributed by atoms with Gasteiger partial charge < -0.3 is 15.0 Å². The monoisotopic (exact) mass is 283 g/mol. The highest BCUT2D eigenvalue weighted by Gasteiger charge is 2.13. The van der Waals surface area contributed by atoms with Crippen LogP contribution >= 0.6 is 0 Å². The largest absolute Gasteiger partial charge is 0.481 e. The van der Waals surface area contributed by atoms with Crippen molar-refractivity contribution in [2.45, 2.75) is 26.2 Å². The van der Waals surface area contributed by atoms with E-state index in [1.807, 2.05) is 0 Å². The van der Waals surface area contributed by atoms with Crippen molar-refractivity contribution in [2.24, 2.45) is 0 Å². The summed E-state index contributed by atoms with van der Waals surface area (Å²) in [5.74, 6) is -1.23. The molecule has 1 heterocycles. The molecule has 3 N–H and O–H groups in total. The number of amides is 1. The molecule has 20 heavy (non-hydrogen) atoms. The van der Waals surface area contributed by atoms with Crippen molar-refractivity contribution < 1.29 is 14.7 Å². The SMILES string of the molecule is Cc1[nH]c(=O)[nH]c(=O)c1CCC(=O)N(C)CCC(=O)O. The Kier molecular flexibility index (Phi) is 5.24. The van der Waals surface area contributed by atoms with Gasteiger partial charge >= 0.3 is 11.7 Å². The molecule has 0 unspecified atom stereocenters. The number of hydrogen-bond donors (Lipinski definition) is 3. The molecule has 0 aliphatic rings. The van der Waals surface area contributed by atoms with Gasteiger partial charge in [0.25, 0.3) is 5.56 Å². The quantitative estimate of drug-likeness (QED) is 0.633. The average molecular weight is 283 g/mol. The number of aromatic amines is 2. The van der Waals surface area contributed by atoms with Crippen molar-refractivity contribution >= 4 is 11.9 Å². The van der Waals surface area contributed by atoms with Crippen molar-refractivity contribution in [1.29, 1.82) is 0 Å². The number of aromatic nitrogens is 2. The van der Waals surface area contributed by atoms with E-state index in [2.05, 4.69) is 9.97 Å². The molecular formula is C12H17N3O5. The maximum absolute atomic E-state index is 11.8. The molecule has 8 nitrogen and oxygen atoms in total. The van der Waals surface area contributed by atoms with E-state index >= 15 is 0 Å². The first kappa shape index (κ1) is 15.7. The van der Waals surface area contributed by atoms with Gasteiger partial charge in [-0.15, -0.1) is 0 Å². The van der Waals surface area contributed by atoms with Crippen LogP contribution in [0.1, 0.15) is 24.1 Å². The van der Waals surface area contributed by atoms with Crippen LogP contribution in [-0.2, 0) is 16.0 Å². The van der Waals surface area contributed by atoms with Crippen LogP contribution in [0.2, 0.25) is 0 Å². The zero-order chi connectivity index (χ0) is 15.3. The summed E-state index contributed by atoms with van der Waals surface area (Å²) in [5.41, 5.74) is -0.308.